The predicted molar refractivity (Wildman–Crippen MR) is 61.7 cm³/mol. The molecule has 1 aliphatic rings. The van der Waals surface area contributed by atoms with Gasteiger partial charge in [-0.1, -0.05) is 29.8 Å². The third kappa shape index (κ3) is 1.84. The number of halogens is 1. The average molecular weight is 208 g/mol. The second-order valence-electron chi connectivity index (χ2n) is 3.60. The Morgan fingerprint density at radius 1 is 1.36 bits per heavy atom. The van der Waals surface area contributed by atoms with Gasteiger partial charge in [0.2, 0.25) is 0 Å². The smallest absolute Gasteiger partial charge is 0.0441 e. The fraction of sp³-hybridized carbons (Fsp3) is 0.333. The van der Waals surface area contributed by atoms with Crippen molar-refractivity contribution in [1.82, 2.24) is 5.32 Å². The lowest BCUT2D eigenvalue weighted by molar-refractivity contribution is 0.738. The van der Waals surface area contributed by atoms with Gasteiger partial charge >= 0.3 is 0 Å². The zero-order chi connectivity index (χ0) is 9.97. The monoisotopic (exact) mass is 207 g/mol. The van der Waals surface area contributed by atoms with Gasteiger partial charge in [0.05, 0.1) is 0 Å². The Kier molecular flexibility index (Phi) is 2.90. The highest BCUT2D eigenvalue weighted by molar-refractivity contribution is 6.31. The Hall–Kier alpha value is -0.790. The van der Waals surface area contributed by atoms with Crippen molar-refractivity contribution in [3.63, 3.8) is 0 Å². The molecule has 0 saturated carbocycles. The van der Waals surface area contributed by atoms with Gasteiger partial charge in [0.1, 0.15) is 0 Å². The SMILES string of the molecule is Cc1c(Cl)cccc1C1=CCNCC1. The van der Waals surface area contributed by atoms with E-state index in [0.29, 0.717) is 0 Å². The molecule has 0 saturated heterocycles. The summed E-state index contributed by atoms with van der Waals surface area (Å²) in [5.41, 5.74) is 3.92. The van der Waals surface area contributed by atoms with Crippen molar-refractivity contribution in [2.24, 2.45) is 0 Å². The highest BCUT2D eigenvalue weighted by Crippen LogP contribution is 2.27. The Balaban J connectivity index is 2.40. The molecule has 1 N–H and O–H groups in total. The summed E-state index contributed by atoms with van der Waals surface area (Å²) in [6, 6.07) is 6.12. The molecule has 0 unspecified atom stereocenters. The van der Waals surface area contributed by atoms with E-state index in [0.717, 1.165) is 24.5 Å². The van der Waals surface area contributed by atoms with E-state index in [2.05, 4.69) is 24.4 Å². The van der Waals surface area contributed by atoms with Crippen LogP contribution in [-0.2, 0) is 0 Å². The van der Waals surface area contributed by atoms with Crippen LogP contribution in [0.5, 0.6) is 0 Å². The molecule has 2 heteroatoms. The summed E-state index contributed by atoms with van der Waals surface area (Å²) < 4.78 is 0. The van der Waals surface area contributed by atoms with Gasteiger partial charge in [-0.15, -0.1) is 0 Å². The maximum Gasteiger partial charge on any atom is 0.0441 e. The van der Waals surface area contributed by atoms with Gasteiger partial charge in [-0.2, -0.15) is 0 Å². The van der Waals surface area contributed by atoms with Crippen LogP contribution in [0, 0.1) is 6.92 Å². The highest BCUT2D eigenvalue weighted by atomic mass is 35.5. The first-order valence-electron chi connectivity index (χ1n) is 4.94. The summed E-state index contributed by atoms with van der Waals surface area (Å²) in [6.45, 7) is 4.12. The normalized spacial score (nSPS) is 16.6. The summed E-state index contributed by atoms with van der Waals surface area (Å²) in [4.78, 5) is 0. The molecular weight excluding hydrogens is 194 g/mol. The third-order valence-electron chi connectivity index (χ3n) is 2.68. The molecule has 1 aromatic carbocycles. The first kappa shape index (κ1) is 9.75. The van der Waals surface area contributed by atoms with Gasteiger partial charge in [-0.05, 0) is 42.7 Å². The van der Waals surface area contributed by atoms with E-state index < -0.39 is 0 Å². The van der Waals surface area contributed by atoms with Crippen molar-refractivity contribution in [1.29, 1.82) is 0 Å². The second kappa shape index (κ2) is 4.16. The van der Waals surface area contributed by atoms with Crippen LogP contribution in [0.25, 0.3) is 5.57 Å². The van der Waals surface area contributed by atoms with Gasteiger partial charge in [-0.25, -0.2) is 0 Å². The molecule has 1 aromatic rings. The molecule has 0 bridgehead atoms. The lowest BCUT2D eigenvalue weighted by Crippen LogP contribution is -2.20. The first-order chi connectivity index (χ1) is 6.79. The molecule has 0 fully saturated rings. The van der Waals surface area contributed by atoms with Crippen molar-refractivity contribution in [3.05, 3.63) is 40.4 Å². The van der Waals surface area contributed by atoms with Crippen LogP contribution < -0.4 is 5.32 Å². The van der Waals surface area contributed by atoms with Gasteiger partial charge < -0.3 is 5.32 Å². The molecule has 0 atom stereocenters. The van der Waals surface area contributed by atoms with E-state index in [4.69, 9.17) is 11.6 Å². The zero-order valence-electron chi connectivity index (χ0n) is 8.31. The van der Waals surface area contributed by atoms with Crippen LogP contribution in [0.2, 0.25) is 5.02 Å². The molecule has 0 spiro atoms. The number of nitrogens with one attached hydrogen (secondary N) is 1. The van der Waals surface area contributed by atoms with E-state index in [-0.39, 0.29) is 0 Å². The van der Waals surface area contributed by atoms with Crippen molar-refractivity contribution in [3.8, 4) is 0 Å². The molecule has 1 heterocycles. The van der Waals surface area contributed by atoms with Crippen LogP contribution >= 0.6 is 11.6 Å². The van der Waals surface area contributed by atoms with Crippen LogP contribution in [0.15, 0.2) is 24.3 Å². The molecule has 1 nitrogen and oxygen atoms in total. The van der Waals surface area contributed by atoms with Gasteiger partial charge in [-0.3, -0.25) is 0 Å². The molecule has 1 aliphatic heterocycles. The van der Waals surface area contributed by atoms with Gasteiger partial charge in [0.15, 0.2) is 0 Å². The summed E-state index contributed by atoms with van der Waals surface area (Å²) >= 11 is 6.09. The lowest BCUT2D eigenvalue weighted by atomic mass is 9.96. The quantitative estimate of drug-likeness (QED) is 0.747. The van der Waals surface area contributed by atoms with Gasteiger partial charge in [0, 0.05) is 11.6 Å². The highest BCUT2D eigenvalue weighted by Gasteiger charge is 2.09. The predicted octanol–water partition coefficient (Wildman–Crippen LogP) is 3.03. The Morgan fingerprint density at radius 2 is 2.21 bits per heavy atom. The zero-order valence-corrected chi connectivity index (χ0v) is 9.06. The molecule has 0 aliphatic carbocycles. The molecule has 14 heavy (non-hydrogen) atoms. The average Bonchev–Trinajstić information content (AvgIpc) is 2.23. The summed E-state index contributed by atoms with van der Waals surface area (Å²) in [7, 11) is 0. The van der Waals surface area contributed by atoms with Crippen molar-refractivity contribution < 1.29 is 0 Å². The molecule has 0 aromatic heterocycles. The van der Waals surface area contributed by atoms with Crippen molar-refractivity contribution in [2.75, 3.05) is 13.1 Å². The molecule has 0 amide bonds. The van der Waals surface area contributed by atoms with Crippen molar-refractivity contribution in [2.45, 2.75) is 13.3 Å². The third-order valence-corrected chi connectivity index (χ3v) is 3.09. The van der Waals surface area contributed by atoms with Crippen molar-refractivity contribution >= 4 is 17.2 Å². The number of benzene rings is 1. The van der Waals surface area contributed by atoms with E-state index in [1.54, 1.807) is 0 Å². The summed E-state index contributed by atoms with van der Waals surface area (Å²) in [6.07, 6.45) is 3.35. The largest absolute Gasteiger partial charge is 0.313 e. The topological polar surface area (TPSA) is 12.0 Å². The molecule has 2 rings (SSSR count). The Labute approximate surface area is 89.8 Å². The van der Waals surface area contributed by atoms with E-state index in [1.807, 2.05) is 12.1 Å². The van der Waals surface area contributed by atoms with E-state index >= 15 is 0 Å². The lowest BCUT2D eigenvalue weighted by Gasteiger charge is -2.16. The fourth-order valence-corrected chi connectivity index (χ4v) is 2.00. The summed E-state index contributed by atoms with van der Waals surface area (Å²) in [5.74, 6) is 0. The van der Waals surface area contributed by atoms with E-state index in [1.165, 1.54) is 16.7 Å². The van der Waals surface area contributed by atoms with Crippen LogP contribution in [0.4, 0.5) is 0 Å². The maximum atomic E-state index is 6.09. The summed E-state index contributed by atoms with van der Waals surface area (Å²) in [5, 5.41) is 4.17. The van der Waals surface area contributed by atoms with Crippen LogP contribution in [0.1, 0.15) is 17.5 Å². The van der Waals surface area contributed by atoms with E-state index in [9.17, 15) is 0 Å². The number of rotatable bonds is 1. The Morgan fingerprint density at radius 3 is 2.93 bits per heavy atom. The molecular formula is C12H14ClN. The standard InChI is InChI=1S/C12H14ClN/c1-9-11(3-2-4-12(9)13)10-5-7-14-8-6-10/h2-5,14H,6-8H2,1H3. The Bertz CT molecular complexity index is 369. The maximum absolute atomic E-state index is 6.09. The molecule has 0 radical (unpaired) electrons. The molecule has 74 valence electrons. The first-order valence-corrected chi connectivity index (χ1v) is 5.32. The minimum atomic E-state index is 0.863. The minimum Gasteiger partial charge on any atom is -0.313 e. The van der Waals surface area contributed by atoms with Gasteiger partial charge in [0.25, 0.3) is 0 Å². The number of hydrogen-bond donors (Lipinski definition) is 1. The fourth-order valence-electron chi connectivity index (χ4n) is 1.82. The second-order valence-corrected chi connectivity index (χ2v) is 4.00. The van der Waals surface area contributed by atoms with Crippen LogP contribution in [-0.4, -0.2) is 13.1 Å². The minimum absolute atomic E-state index is 0.863. The van der Waals surface area contributed by atoms with Crippen LogP contribution in [0.3, 0.4) is 0 Å². The number of hydrogen-bond acceptors (Lipinski definition) is 1.